The van der Waals surface area contributed by atoms with Gasteiger partial charge in [0.1, 0.15) is 0 Å². The molecule has 0 amide bonds. The van der Waals surface area contributed by atoms with E-state index in [4.69, 9.17) is 0 Å². The molecule has 0 bridgehead atoms. The first-order valence-corrected chi connectivity index (χ1v) is 5.81. The molecular weight excluding hydrogens is 178 g/mol. The van der Waals surface area contributed by atoms with Crippen LogP contribution in [-0.4, -0.2) is 4.98 Å². The van der Waals surface area contributed by atoms with Gasteiger partial charge in [-0.15, -0.1) is 11.3 Å². The number of hydrogen-bond donors (Lipinski definition) is 0. The molecule has 1 aliphatic carbocycles. The summed E-state index contributed by atoms with van der Waals surface area (Å²) < 4.78 is 0. The fourth-order valence-corrected chi connectivity index (χ4v) is 2.53. The minimum absolute atomic E-state index is 1.14. The maximum Gasteiger partial charge on any atom is 0.0931 e. The molecule has 1 heterocycles. The van der Waals surface area contributed by atoms with Crippen molar-refractivity contribution in [3.05, 3.63) is 27.7 Å². The van der Waals surface area contributed by atoms with E-state index in [0.29, 0.717) is 0 Å². The smallest absolute Gasteiger partial charge is 0.0931 e. The van der Waals surface area contributed by atoms with Gasteiger partial charge in [-0.05, 0) is 32.6 Å². The topological polar surface area (TPSA) is 12.9 Å². The molecule has 2 rings (SSSR count). The van der Waals surface area contributed by atoms with Crippen molar-refractivity contribution < 1.29 is 0 Å². The molecule has 0 spiro atoms. The second-order valence-electron chi connectivity index (χ2n) is 3.64. The van der Waals surface area contributed by atoms with Crippen molar-refractivity contribution in [1.29, 1.82) is 0 Å². The average molecular weight is 193 g/mol. The molecule has 1 aromatic heterocycles. The van der Waals surface area contributed by atoms with E-state index < -0.39 is 0 Å². The van der Waals surface area contributed by atoms with Crippen molar-refractivity contribution in [3.63, 3.8) is 0 Å². The SMILES string of the molecule is Cc1csc(CCC2=CCCC2)n1. The Bertz CT molecular complexity index is 312. The van der Waals surface area contributed by atoms with Gasteiger partial charge in [-0.25, -0.2) is 4.98 Å². The Morgan fingerprint density at radius 2 is 2.38 bits per heavy atom. The van der Waals surface area contributed by atoms with Crippen molar-refractivity contribution in [1.82, 2.24) is 4.98 Å². The lowest BCUT2D eigenvalue weighted by Gasteiger charge is -1.97. The molecule has 0 radical (unpaired) electrons. The molecule has 0 aromatic carbocycles. The molecule has 0 saturated heterocycles. The number of aryl methyl sites for hydroxylation is 2. The summed E-state index contributed by atoms with van der Waals surface area (Å²) in [5.74, 6) is 0. The van der Waals surface area contributed by atoms with Crippen LogP contribution >= 0.6 is 11.3 Å². The first kappa shape index (κ1) is 8.95. The zero-order valence-electron chi connectivity index (χ0n) is 8.05. The highest BCUT2D eigenvalue weighted by molar-refractivity contribution is 7.09. The van der Waals surface area contributed by atoms with Gasteiger partial charge in [0.05, 0.1) is 5.01 Å². The lowest BCUT2D eigenvalue weighted by Crippen LogP contribution is -1.86. The molecule has 70 valence electrons. The Morgan fingerprint density at radius 3 is 3.00 bits per heavy atom. The number of thiazole rings is 1. The third kappa shape index (κ3) is 2.41. The van der Waals surface area contributed by atoms with Gasteiger partial charge < -0.3 is 0 Å². The quantitative estimate of drug-likeness (QED) is 0.670. The fraction of sp³-hybridized carbons (Fsp3) is 0.545. The van der Waals surface area contributed by atoms with E-state index in [9.17, 15) is 0 Å². The van der Waals surface area contributed by atoms with Crippen LogP contribution in [0.3, 0.4) is 0 Å². The standard InChI is InChI=1S/C11H15NS/c1-9-8-13-11(12-9)7-6-10-4-2-3-5-10/h4,8H,2-3,5-7H2,1H3. The summed E-state index contributed by atoms with van der Waals surface area (Å²) in [6, 6.07) is 0. The lowest BCUT2D eigenvalue weighted by atomic mass is 10.1. The van der Waals surface area contributed by atoms with Crippen LogP contribution in [0.2, 0.25) is 0 Å². The van der Waals surface area contributed by atoms with Crippen LogP contribution in [0.25, 0.3) is 0 Å². The van der Waals surface area contributed by atoms with Gasteiger partial charge >= 0.3 is 0 Å². The summed E-state index contributed by atoms with van der Waals surface area (Å²) >= 11 is 1.79. The third-order valence-electron chi connectivity index (χ3n) is 2.46. The minimum Gasteiger partial charge on any atom is -0.247 e. The van der Waals surface area contributed by atoms with Crippen LogP contribution < -0.4 is 0 Å². The Hall–Kier alpha value is -0.630. The average Bonchev–Trinajstić information content (AvgIpc) is 2.71. The maximum atomic E-state index is 4.46. The van der Waals surface area contributed by atoms with Crippen molar-refractivity contribution in [3.8, 4) is 0 Å². The van der Waals surface area contributed by atoms with Crippen LogP contribution in [0.15, 0.2) is 17.0 Å². The Labute approximate surface area is 83.5 Å². The summed E-state index contributed by atoms with van der Waals surface area (Å²) in [5.41, 5.74) is 2.81. The van der Waals surface area contributed by atoms with Crippen molar-refractivity contribution in [2.75, 3.05) is 0 Å². The monoisotopic (exact) mass is 193 g/mol. The normalized spacial score (nSPS) is 16.2. The molecule has 1 aromatic rings. The number of nitrogens with zero attached hydrogens (tertiary/aromatic N) is 1. The highest BCUT2D eigenvalue weighted by atomic mass is 32.1. The summed E-state index contributed by atoms with van der Waals surface area (Å²) in [7, 11) is 0. The van der Waals surface area contributed by atoms with Crippen LogP contribution in [0.1, 0.15) is 36.4 Å². The fourth-order valence-electron chi connectivity index (χ4n) is 1.75. The van der Waals surface area contributed by atoms with E-state index in [-0.39, 0.29) is 0 Å². The molecule has 0 fully saturated rings. The van der Waals surface area contributed by atoms with Gasteiger partial charge in [0.15, 0.2) is 0 Å². The molecule has 0 N–H and O–H groups in total. The van der Waals surface area contributed by atoms with Crippen molar-refractivity contribution in [2.24, 2.45) is 0 Å². The van der Waals surface area contributed by atoms with Crippen LogP contribution in [0.4, 0.5) is 0 Å². The second kappa shape index (κ2) is 4.05. The van der Waals surface area contributed by atoms with E-state index in [0.717, 1.165) is 6.42 Å². The van der Waals surface area contributed by atoms with Crippen molar-refractivity contribution >= 4 is 11.3 Å². The van der Waals surface area contributed by atoms with E-state index in [1.807, 2.05) is 0 Å². The molecule has 13 heavy (non-hydrogen) atoms. The van der Waals surface area contributed by atoms with Gasteiger partial charge in [0, 0.05) is 17.5 Å². The highest BCUT2D eigenvalue weighted by Crippen LogP contribution is 2.23. The molecule has 1 nitrogen and oxygen atoms in total. The second-order valence-corrected chi connectivity index (χ2v) is 4.58. The van der Waals surface area contributed by atoms with Crippen LogP contribution in [0.5, 0.6) is 0 Å². The van der Waals surface area contributed by atoms with E-state index in [2.05, 4.69) is 23.4 Å². The Kier molecular flexibility index (Phi) is 2.79. The van der Waals surface area contributed by atoms with Crippen molar-refractivity contribution in [2.45, 2.75) is 39.0 Å². The molecule has 1 aliphatic rings. The first-order valence-electron chi connectivity index (χ1n) is 4.93. The van der Waals surface area contributed by atoms with Gasteiger partial charge in [-0.2, -0.15) is 0 Å². The van der Waals surface area contributed by atoms with Crippen LogP contribution in [-0.2, 0) is 6.42 Å². The largest absolute Gasteiger partial charge is 0.247 e. The Balaban J connectivity index is 1.85. The Morgan fingerprint density at radius 1 is 1.46 bits per heavy atom. The zero-order valence-corrected chi connectivity index (χ0v) is 8.86. The summed E-state index contributed by atoms with van der Waals surface area (Å²) in [4.78, 5) is 4.46. The lowest BCUT2D eigenvalue weighted by molar-refractivity contribution is 0.839. The first-order chi connectivity index (χ1) is 6.34. The third-order valence-corrected chi connectivity index (χ3v) is 3.49. The number of allylic oxidation sites excluding steroid dienone is 2. The number of hydrogen-bond acceptors (Lipinski definition) is 2. The predicted molar refractivity (Wildman–Crippen MR) is 57.1 cm³/mol. The van der Waals surface area contributed by atoms with E-state index in [1.54, 1.807) is 16.9 Å². The molecule has 0 aliphatic heterocycles. The number of rotatable bonds is 3. The van der Waals surface area contributed by atoms with Gasteiger partial charge in [0.2, 0.25) is 0 Å². The highest BCUT2D eigenvalue weighted by Gasteiger charge is 2.05. The zero-order chi connectivity index (χ0) is 9.10. The van der Waals surface area contributed by atoms with Crippen LogP contribution in [0, 0.1) is 6.92 Å². The molecule has 0 unspecified atom stereocenters. The molecule has 0 saturated carbocycles. The molecular formula is C11H15NS. The molecule has 0 atom stereocenters. The summed E-state index contributed by atoms with van der Waals surface area (Å²) in [5, 5.41) is 3.43. The van der Waals surface area contributed by atoms with Gasteiger partial charge in [0.25, 0.3) is 0 Å². The summed E-state index contributed by atoms with van der Waals surface area (Å²) in [6.07, 6.45) is 8.76. The van der Waals surface area contributed by atoms with E-state index in [1.165, 1.54) is 36.4 Å². The molecule has 2 heteroatoms. The van der Waals surface area contributed by atoms with E-state index >= 15 is 0 Å². The summed E-state index contributed by atoms with van der Waals surface area (Å²) in [6.45, 7) is 2.06. The predicted octanol–water partition coefficient (Wildman–Crippen LogP) is 3.49. The van der Waals surface area contributed by atoms with Gasteiger partial charge in [-0.1, -0.05) is 11.6 Å². The minimum atomic E-state index is 1.14. The maximum absolute atomic E-state index is 4.46. The van der Waals surface area contributed by atoms with Gasteiger partial charge in [-0.3, -0.25) is 0 Å². The number of aromatic nitrogens is 1.